The van der Waals surface area contributed by atoms with E-state index >= 15 is 0 Å². The van der Waals surface area contributed by atoms with Crippen LogP contribution in [0.4, 0.5) is 0 Å². The molecule has 4 unspecified atom stereocenters. The Morgan fingerprint density at radius 1 is 1.13 bits per heavy atom. The largest absolute Gasteiger partial charge is 0.300 e. The van der Waals surface area contributed by atoms with Gasteiger partial charge in [0.1, 0.15) is 5.78 Å². The average Bonchev–Trinajstić information content (AvgIpc) is 2.38. The molecule has 0 heterocycles. The molecule has 0 amide bonds. The fourth-order valence-corrected chi connectivity index (χ4v) is 3.84. The number of hydrogen-bond donors (Lipinski definition) is 0. The van der Waals surface area contributed by atoms with E-state index in [4.69, 9.17) is 0 Å². The summed E-state index contributed by atoms with van der Waals surface area (Å²) >= 11 is 0. The highest BCUT2D eigenvalue weighted by molar-refractivity contribution is 5.78. The normalized spacial score (nSPS) is 40.9. The maximum atomic E-state index is 11.6. The number of Topliss-reactive ketones (excluding diaryl/α,β-unsaturated/α-hetero) is 1. The van der Waals surface area contributed by atoms with Crippen LogP contribution >= 0.6 is 0 Å². The van der Waals surface area contributed by atoms with Gasteiger partial charge in [0.2, 0.25) is 0 Å². The molecule has 0 aromatic rings. The Morgan fingerprint density at radius 2 is 1.93 bits per heavy atom. The predicted molar refractivity (Wildman–Crippen MR) is 62.6 cm³/mol. The third kappa shape index (κ3) is 2.43. The molecule has 2 bridgehead atoms. The summed E-state index contributed by atoms with van der Waals surface area (Å²) in [5, 5.41) is 0. The van der Waals surface area contributed by atoms with E-state index in [9.17, 15) is 4.79 Å². The van der Waals surface area contributed by atoms with E-state index in [1.165, 1.54) is 44.9 Å². The van der Waals surface area contributed by atoms with Crippen LogP contribution < -0.4 is 0 Å². The Labute approximate surface area is 93.6 Å². The number of ketones is 1. The lowest BCUT2D eigenvalue weighted by molar-refractivity contribution is -0.123. The van der Waals surface area contributed by atoms with Crippen molar-refractivity contribution < 1.29 is 4.79 Å². The van der Waals surface area contributed by atoms with Crippen LogP contribution in [0.5, 0.6) is 0 Å². The fourth-order valence-electron chi connectivity index (χ4n) is 3.84. The van der Waals surface area contributed by atoms with E-state index in [1.54, 1.807) is 6.92 Å². The van der Waals surface area contributed by atoms with Gasteiger partial charge in [0.25, 0.3) is 0 Å². The molecule has 0 spiro atoms. The average molecular weight is 208 g/mol. The van der Waals surface area contributed by atoms with Gasteiger partial charge < -0.3 is 0 Å². The molecular formula is C14H24O. The fraction of sp³-hybridized carbons (Fsp3) is 0.929. The van der Waals surface area contributed by atoms with Gasteiger partial charge in [-0.3, -0.25) is 4.79 Å². The summed E-state index contributed by atoms with van der Waals surface area (Å²) in [4.78, 5) is 11.6. The van der Waals surface area contributed by atoms with Crippen LogP contribution in [-0.4, -0.2) is 5.78 Å². The molecule has 2 fully saturated rings. The van der Waals surface area contributed by atoms with Crippen LogP contribution in [0.1, 0.15) is 58.8 Å². The molecule has 1 heteroatoms. The second-order valence-corrected chi connectivity index (χ2v) is 5.74. The highest BCUT2D eigenvalue weighted by atomic mass is 16.1. The van der Waals surface area contributed by atoms with E-state index in [1.807, 2.05) is 0 Å². The van der Waals surface area contributed by atoms with Gasteiger partial charge in [-0.25, -0.2) is 0 Å². The topological polar surface area (TPSA) is 17.1 Å². The lowest BCUT2D eigenvalue weighted by Gasteiger charge is -2.32. The maximum absolute atomic E-state index is 11.6. The molecule has 2 rings (SSSR count). The molecule has 0 saturated heterocycles. The van der Waals surface area contributed by atoms with Crippen LogP contribution in [0, 0.1) is 23.7 Å². The van der Waals surface area contributed by atoms with Gasteiger partial charge >= 0.3 is 0 Å². The molecule has 2 aliphatic carbocycles. The van der Waals surface area contributed by atoms with E-state index in [0.717, 1.165) is 17.8 Å². The van der Waals surface area contributed by atoms with Crippen molar-refractivity contribution in [2.45, 2.75) is 58.8 Å². The van der Waals surface area contributed by atoms with Crippen molar-refractivity contribution in [2.24, 2.45) is 23.7 Å². The number of rotatable bonds is 2. The summed E-state index contributed by atoms with van der Waals surface area (Å²) in [7, 11) is 0. The second kappa shape index (κ2) is 4.67. The van der Waals surface area contributed by atoms with Crippen LogP contribution in [0.15, 0.2) is 0 Å². The third-order valence-electron chi connectivity index (χ3n) is 4.80. The monoisotopic (exact) mass is 208 g/mol. The number of hydrogen-bond acceptors (Lipinski definition) is 1. The first-order chi connectivity index (χ1) is 7.20. The number of fused-ring (bicyclic) bond motifs is 2. The Bertz CT molecular complexity index is 233. The third-order valence-corrected chi connectivity index (χ3v) is 4.80. The van der Waals surface area contributed by atoms with Crippen LogP contribution in [0.2, 0.25) is 0 Å². The summed E-state index contributed by atoms with van der Waals surface area (Å²) in [6, 6.07) is 0. The van der Waals surface area contributed by atoms with Gasteiger partial charge in [-0.05, 0) is 56.8 Å². The molecule has 0 aromatic carbocycles. The number of carbonyl (C=O) groups is 1. The highest BCUT2D eigenvalue weighted by Crippen LogP contribution is 2.44. The Kier molecular flexibility index (Phi) is 3.48. The van der Waals surface area contributed by atoms with Crippen LogP contribution in [-0.2, 0) is 4.79 Å². The summed E-state index contributed by atoms with van der Waals surface area (Å²) in [6.45, 7) is 4.12. The minimum atomic E-state index is 0.414. The number of carbonyl (C=O) groups excluding carboxylic acids is 1. The van der Waals surface area contributed by atoms with Crippen molar-refractivity contribution in [1.29, 1.82) is 0 Å². The van der Waals surface area contributed by atoms with Crippen molar-refractivity contribution in [3.63, 3.8) is 0 Å². The summed E-state index contributed by atoms with van der Waals surface area (Å²) in [5.74, 6) is 3.49. The minimum absolute atomic E-state index is 0.414. The summed E-state index contributed by atoms with van der Waals surface area (Å²) < 4.78 is 0. The molecule has 4 atom stereocenters. The van der Waals surface area contributed by atoms with Gasteiger partial charge in [0, 0.05) is 5.92 Å². The van der Waals surface area contributed by atoms with E-state index in [2.05, 4.69) is 6.92 Å². The molecule has 86 valence electrons. The smallest absolute Gasteiger partial charge is 0.133 e. The molecule has 0 aromatic heterocycles. The van der Waals surface area contributed by atoms with Crippen LogP contribution in [0.3, 0.4) is 0 Å². The molecule has 0 radical (unpaired) electrons. The molecule has 1 nitrogen and oxygen atoms in total. The van der Waals surface area contributed by atoms with Crippen molar-refractivity contribution >= 4 is 5.78 Å². The van der Waals surface area contributed by atoms with Gasteiger partial charge in [-0.1, -0.05) is 19.8 Å². The lowest BCUT2D eigenvalue weighted by atomic mass is 9.72. The molecule has 2 saturated carbocycles. The van der Waals surface area contributed by atoms with Gasteiger partial charge in [0.05, 0.1) is 0 Å². The van der Waals surface area contributed by atoms with Crippen molar-refractivity contribution in [1.82, 2.24) is 0 Å². The lowest BCUT2D eigenvalue weighted by Crippen LogP contribution is -2.28. The zero-order valence-electron chi connectivity index (χ0n) is 10.2. The molecule has 0 N–H and O–H groups in total. The maximum Gasteiger partial charge on any atom is 0.133 e. The Hall–Kier alpha value is -0.330. The van der Waals surface area contributed by atoms with Gasteiger partial charge in [-0.2, -0.15) is 0 Å². The van der Waals surface area contributed by atoms with Crippen LogP contribution in [0.25, 0.3) is 0 Å². The Balaban J connectivity index is 2.03. The van der Waals surface area contributed by atoms with Crippen molar-refractivity contribution in [2.75, 3.05) is 0 Å². The molecule has 2 aliphatic rings. The quantitative estimate of drug-likeness (QED) is 0.674. The molecule has 0 aliphatic heterocycles. The zero-order valence-corrected chi connectivity index (χ0v) is 10.2. The van der Waals surface area contributed by atoms with Gasteiger partial charge in [0.15, 0.2) is 0 Å². The first kappa shape index (κ1) is 11.2. The standard InChI is InChI=1S/C14H24O/c1-3-11-4-6-13-9-12(8-11)5-7-14(13)10(2)15/h11-14H,3-9H2,1-2H3. The summed E-state index contributed by atoms with van der Waals surface area (Å²) in [6.07, 6.45) is 9.32. The zero-order chi connectivity index (χ0) is 10.8. The second-order valence-electron chi connectivity index (χ2n) is 5.74. The van der Waals surface area contributed by atoms with E-state index in [-0.39, 0.29) is 0 Å². The first-order valence-electron chi connectivity index (χ1n) is 6.71. The highest BCUT2D eigenvalue weighted by Gasteiger charge is 2.36. The summed E-state index contributed by atoms with van der Waals surface area (Å²) in [5.41, 5.74) is 0. The molecule has 15 heavy (non-hydrogen) atoms. The van der Waals surface area contributed by atoms with Gasteiger partial charge in [-0.15, -0.1) is 0 Å². The van der Waals surface area contributed by atoms with E-state index in [0.29, 0.717) is 11.7 Å². The first-order valence-corrected chi connectivity index (χ1v) is 6.71. The molecular weight excluding hydrogens is 184 g/mol. The Morgan fingerprint density at radius 3 is 2.60 bits per heavy atom. The predicted octanol–water partition coefficient (Wildman–Crippen LogP) is 3.82. The minimum Gasteiger partial charge on any atom is -0.300 e. The van der Waals surface area contributed by atoms with E-state index < -0.39 is 0 Å². The van der Waals surface area contributed by atoms with Crippen molar-refractivity contribution in [3.8, 4) is 0 Å². The SMILES string of the molecule is CCC1CCC2CC(CCC2C(C)=O)C1. The van der Waals surface area contributed by atoms with Crippen molar-refractivity contribution in [3.05, 3.63) is 0 Å².